The van der Waals surface area contributed by atoms with Crippen molar-refractivity contribution in [1.82, 2.24) is 8.87 Å². The van der Waals surface area contributed by atoms with E-state index in [1.165, 1.54) is 15.4 Å². The van der Waals surface area contributed by atoms with Crippen molar-refractivity contribution in [3.8, 4) is 0 Å². The molecule has 6 heteroatoms. The van der Waals surface area contributed by atoms with Crippen LogP contribution in [0.3, 0.4) is 0 Å². The molecule has 172 valence electrons. The fraction of sp³-hybridized carbons (Fsp3) is 0.385. The molecule has 0 aliphatic rings. The molecule has 32 heavy (non-hydrogen) atoms. The van der Waals surface area contributed by atoms with E-state index in [-0.39, 0.29) is 18.5 Å². The minimum absolute atomic E-state index is 0.0329. The van der Waals surface area contributed by atoms with Gasteiger partial charge in [-0.15, -0.1) is 0 Å². The summed E-state index contributed by atoms with van der Waals surface area (Å²) in [7, 11) is -2.08. The van der Waals surface area contributed by atoms with Gasteiger partial charge in [0.1, 0.15) is 0 Å². The molecule has 1 heterocycles. The summed E-state index contributed by atoms with van der Waals surface area (Å²) in [5.74, 6) is 0. The van der Waals surface area contributed by atoms with Crippen molar-refractivity contribution in [3.63, 3.8) is 0 Å². The lowest BCUT2D eigenvalue weighted by Crippen LogP contribution is -2.34. The molecule has 0 bridgehead atoms. The van der Waals surface area contributed by atoms with Gasteiger partial charge in [0.25, 0.3) is 0 Å². The summed E-state index contributed by atoms with van der Waals surface area (Å²) in [4.78, 5) is 0.304. The third-order valence-electron chi connectivity index (χ3n) is 5.64. The molecular weight excluding hydrogens is 420 g/mol. The fourth-order valence-electron chi connectivity index (χ4n) is 3.57. The number of hydrogen-bond acceptors (Lipinski definition) is 3. The van der Waals surface area contributed by atoms with Crippen LogP contribution in [-0.4, -0.2) is 37.6 Å². The molecule has 0 aliphatic carbocycles. The molecule has 3 rings (SSSR count). The summed E-state index contributed by atoms with van der Waals surface area (Å²) in [5, 5.41) is 0. The Morgan fingerprint density at radius 3 is 2.22 bits per heavy atom. The number of sulfonamides is 1. The summed E-state index contributed by atoms with van der Waals surface area (Å²) in [6, 6.07) is 19.6. The number of methoxy groups -OCH3 is 1. The van der Waals surface area contributed by atoms with Crippen molar-refractivity contribution >= 4 is 10.0 Å². The van der Waals surface area contributed by atoms with E-state index in [1.807, 2.05) is 30.5 Å². The highest BCUT2D eigenvalue weighted by Gasteiger charge is 2.26. The van der Waals surface area contributed by atoms with Gasteiger partial charge >= 0.3 is 0 Å². The second-order valence-corrected chi connectivity index (χ2v) is 11.2. The number of nitrogens with zero attached hydrogens (tertiary/aromatic N) is 2. The molecule has 3 aromatic rings. The molecule has 0 spiro atoms. The Labute approximate surface area is 192 Å². The molecule has 0 aliphatic heterocycles. The van der Waals surface area contributed by atoms with Gasteiger partial charge in [-0.25, -0.2) is 8.42 Å². The van der Waals surface area contributed by atoms with Gasteiger partial charge in [-0.1, -0.05) is 62.7 Å². The van der Waals surface area contributed by atoms with Crippen LogP contribution < -0.4 is 0 Å². The number of rotatable bonds is 9. The minimum atomic E-state index is -3.67. The van der Waals surface area contributed by atoms with E-state index < -0.39 is 10.0 Å². The van der Waals surface area contributed by atoms with Crippen LogP contribution in [0.5, 0.6) is 0 Å². The van der Waals surface area contributed by atoms with Gasteiger partial charge in [-0.05, 0) is 47.7 Å². The monoisotopic (exact) mass is 454 g/mol. The molecule has 0 fully saturated rings. The predicted molar refractivity (Wildman–Crippen MR) is 129 cm³/mol. The van der Waals surface area contributed by atoms with E-state index in [4.69, 9.17) is 4.74 Å². The van der Waals surface area contributed by atoms with E-state index >= 15 is 0 Å². The molecule has 1 aromatic heterocycles. The van der Waals surface area contributed by atoms with E-state index in [0.29, 0.717) is 18.0 Å². The van der Waals surface area contributed by atoms with Crippen molar-refractivity contribution in [2.45, 2.75) is 51.1 Å². The lowest BCUT2D eigenvalue weighted by atomic mass is 9.87. The van der Waals surface area contributed by atoms with Gasteiger partial charge in [0.05, 0.1) is 18.0 Å². The van der Waals surface area contributed by atoms with Gasteiger partial charge in [0.15, 0.2) is 0 Å². The maximum absolute atomic E-state index is 13.5. The first-order chi connectivity index (χ1) is 15.1. The van der Waals surface area contributed by atoms with Crippen LogP contribution in [0.2, 0.25) is 0 Å². The first-order valence-corrected chi connectivity index (χ1v) is 12.3. The highest BCUT2D eigenvalue weighted by atomic mass is 32.2. The van der Waals surface area contributed by atoms with E-state index in [0.717, 1.165) is 11.3 Å². The van der Waals surface area contributed by atoms with E-state index in [2.05, 4.69) is 56.5 Å². The molecular formula is C26H34N2O3S. The van der Waals surface area contributed by atoms with E-state index in [1.54, 1.807) is 19.2 Å². The van der Waals surface area contributed by atoms with Crippen molar-refractivity contribution in [3.05, 3.63) is 89.2 Å². The Bertz CT molecular complexity index is 1110. The van der Waals surface area contributed by atoms with Crippen LogP contribution in [0.4, 0.5) is 0 Å². The lowest BCUT2D eigenvalue weighted by molar-refractivity contribution is 0.176. The van der Waals surface area contributed by atoms with Crippen molar-refractivity contribution < 1.29 is 13.2 Å². The zero-order chi connectivity index (χ0) is 23.4. The topological polar surface area (TPSA) is 51.5 Å². The Morgan fingerprint density at radius 1 is 0.969 bits per heavy atom. The quantitative estimate of drug-likeness (QED) is 0.458. The van der Waals surface area contributed by atoms with Crippen LogP contribution in [0, 0.1) is 6.92 Å². The van der Waals surface area contributed by atoms with Crippen molar-refractivity contribution in [2.75, 3.05) is 20.3 Å². The fourth-order valence-corrected chi connectivity index (χ4v) is 4.97. The predicted octanol–water partition coefficient (Wildman–Crippen LogP) is 4.98. The van der Waals surface area contributed by atoms with Crippen molar-refractivity contribution in [2.24, 2.45) is 0 Å². The second kappa shape index (κ2) is 10.0. The summed E-state index contributed by atoms with van der Waals surface area (Å²) in [5.41, 5.74) is 4.41. The minimum Gasteiger partial charge on any atom is -0.383 e. The molecule has 0 atom stereocenters. The molecule has 0 radical (unpaired) electrons. The van der Waals surface area contributed by atoms with Gasteiger partial charge in [0, 0.05) is 32.1 Å². The molecule has 5 nitrogen and oxygen atoms in total. The first-order valence-electron chi connectivity index (χ1n) is 10.9. The zero-order valence-corrected chi connectivity index (χ0v) is 20.5. The highest BCUT2D eigenvalue weighted by Crippen LogP contribution is 2.25. The molecule has 0 saturated heterocycles. The first kappa shape index (κ1) is 24.2. The third kappa shape index (κ3) is 5.88. The number of hydrogen-bond donors (Lipinski definition) is 0. The summed E-state index contributed by atoms with van der Waals surface area (Å²) < 4.78 is 35.8. The van der Waals surface area contributed by atoms with Crippen LogP contribution in [0.15, 0.2) is 71.8 Å². The molecule has 0 unspecified atom stereocenters. The van der Waals surface area contributed by atoms with Gasteiger partial charge in [-0.3, -0.25) is 0 Å². The lowest BCUT2D eigenvalue weighted by Gasteiger charge is -2.24. The van der Waals surface area contributed by atoms with Gasteiger partial charge in [-0.2, -0.15) is 4.31 Å². The van der Waals surface area contributed by atoms with Crippen molar-refractivity contribution in [1.29, 1.82) is 0 Å². The van der Waals surface area contributed by atoms with Crippen LogP contribution in [-0.2, 0) is 33.3 Å². The maximum Gasteiger partial charge on any atom is 0.243 e. The Kier molecular flexibility index (Phi) is 7.59. The molecule has 0 N–H and O–H groups in total. The highest BCUT2D eigenvalue weighted by molar-refractivity contribution is 7.89. The van der Waals surface area contributed by atoms with Crippen LogP contribution >= 0.6 is 0 Å². The summed E-state index contributed by atoms with van der Waals surface area (Å²) in [6.45, 7) is 10.0. The van der Waals surface area contributed by atoms with Gasteiger partial charge < -0.3 is 9.30 Å². The third-order valence-corrected chi connectivity index (χ3v) is 7.50. The molecule has 0 amide bonds. The number of benzene rings is 2. The summed E-state index contributed by atoms with van der Waals surface area (Å²) in [6.07, 6.45) is 1.99. The Balaban J connectivity index is 1.86. The smallest absolute Gasteiger partial charge is 0.243 e. The Hall–Kier alpha value is -2.41. The molecule has 2 aromatic carbocycles. The SMILES string of the molecule is COCCN(Cc1cccn1Cc1ccc(C)cc1)S(=O)(=O)c1ccc(C(C)(C)C)cc1. The second-order valence-electron chi connectivity index (χ2n) is 9.22. The van der Waals surface area contributed by atoms with Crippen LogP contribution in [0.1, 0.15) is 43.2 Å². The van der Waals surface area contributed by atoms with E-state index in [9.17, 15) is 8.42 Å². The number of aromatic nitrogens is 1. The largest absolute Gasteiger partial charge is 0.383 e. The molecule has 0 saturated carbocycles. The normalized spacial score (nSPS) is 12.4. The van der Waals surface area contributed by atoms with Gasteiger partial charge in [0.2, 0.25) is 10.0 Å². The van der Waals surface area contributed by atoms with Crippen LogP contribution in [0.25, 0.3) is 0 Å². The number of aryl methyl sites for hydroxylation is 1. The summed E-state index contributed by atoms with van der Waals surface area (Å²) >= 11 is 0. The number of ether oxygens (including phenoxy) is 1. The maximum atomic E-state index is 13.5. The average Bonchev–Trinajstić information content (AvgIpc) is 3.18. The standard InChI is InChI=1S/C26H34N2O3S/c1-21-8-10-22(11-9-21)19-27-16-6-7-24(27)20-28(17-18-31-5)32(29,30)25-14-12-23(13-15-25)26(2,3)4/h6-16H,17-20H2,1-5H3. The zero-order valence-electron chi connectivity index (χ0n) is 19.7. The Morgan fingerprint density at radius 2 is 1.62 bits per heavy atom. The average molecular weight is 455 g/mol.